The van der Waals surface area contributed by atoms with E-state index in [9.17, 15) is 0 Å². The molecule has 0 atom stereocenters. The standard InChI is InChI=1S/C11H15BrN4/c1-7-15-9-4-8(12)5-14-10(9)16(7)6-11(2,3)13/h4-5H,6,13H2,1-3H3. The normalized spacial score (nSPS) is 12.3. The summed E-state index contributed by atoms with van der Waals surface area (Å²) in [7, 11) is 0. The lowest BCUT2D eigenvalue weighted by Gasteiger charge is -2.20. The number of hydrogen-bond donors (Lipinski definition) is 1. The third-order valence-electron chi connectivity index (χ3n) is 2.31. The molecular formula is C11H15BrN4. The van der Waals surface area contributed by atoms with Gasteiger partial charge in [0.15, 0.2) is 5.65 Å². The third kappa shape index (κ3) is 2.25. The van der Waals surface area contributed by atoms with Crippen molar-refractivity contribution < 1.29 is 0 Å². The van der Waals surface area contributed by atoms with Gasteiger partial charge in [0, 0.05) is 22.8 Å². The molecule has 2 aromatic heterocycles. The number of halogens is 1. The van der Waals surface area contributed by atoms with E-state index < -0.39 is 0 Å². The van der Waals surface area contributed by atoms with Gasteiger partial charge in [0.25, 0.3) is 0 Å². The fourth-order valence-electron chi connectivity index (χ4n) is 1.70. The van der Waals surface area contributed by atoms with Crippen LogP contribution in [0, 0.1) is 6.92 Å². The minimum Gasteiger partial charge on any atom is -0.324 e. The highest BCUT2D eigenvalue weighted by Crippen LogP contribution is 2.19. The van der Waals surface area contributed by atoms with E-state index >= 15 is 0 Å². The van der Waals surface area contributed by atoms with Crippen LogP contribution in [-0.2, 0) is 6.54 Å². The van der Waals surface area contributed by atoms with Gasteiger partial charge in [-0.25, -0.2) is 9.97 Å². The van der Waals surface area contributed by atoms with Crippen LogP contribution in [0.25, 0.3) is 11.2 Å². The summed E-state index contributed by atoms with van der Waals surface area (Å²) in [4.78, 5) is 8.86. The molecule has 4 nitrogen and oxygen atoms in total. The first-order valence-electron chi connectivity index (χ1n) is 5.14. The molecule has 0 fully saturated rings. The van der Waals surface area contributed by atoms with E-state index in [-0.39, 0.29) is 5.54 Å². The molecule has 2 rings (SSSR count). The largest absolute Gasteiger partial charge is 0.324 e. The number of aryl methyl sites for hydroxylation is 1. The maximum atomic E-state index is 6.03. The Balaban J connectivity index is 2.56. The zero-order valence-corrected chi connectivity index (χ0v) is 11.2. The number of rotatable bonds is 2. The lowest BCUT2D eigenvalue weighted by atomic mass is 10.1. The molecule has 0 spiro atoms. The second-order valence-electron chi connectivity index (χ2n) is 4.73. The van der Waals surface area contributed by atoms with Gasteiger partial charge in [-0.2, -0.15) is 0 Å². The molecule has 0 amide bonds. The Morgan fingerprint density at radius 2 is 2.19 bits per heavy atom. The van der Waals surface area contributed by atoms with Gasteiger partial charge in [0.2, 0.25) is 0 Å². The van der Waals surface area contributed by atoms with Crippen LogP contribution in [0.5, 0.6) is 0 Å². The van der Waals surface area contributed by atoms with Crippen molar-refractivity contribution in [2.75, 3.05) is 0 Å². The van der Waals surface area contributed by atoms with Gasteiger partial charge in [0.05, 0.1) is 0 Å². The summed E-state index contributed by atoms with van der Waals surface area (Å²) in [5.41, 5.74) is 7.55. The summed E-state index contributed by atoms with van der Waals surface area (Å²) in [6.07, 6.45) is 1.78. The van der Waals surface area contributed by atoms with Crippen LogP contribution in [-0.4, -0.2) is 20.1 Å². The molecule has 0 radical (unpaired) electrons. The van der Waals surface area contributed by atoms with Gasteiger partial charge in [-0.3, -0.25) is 0 Å². The molecule has 2 heterocycles. The average molecular weight is 283 g/mol. The zero-order valence-electron chi connectivity index (χ0n) is 9.66. The van der Waals surface area contributed by atoms with E-state index in [1.165, 1.54) is 0 Å². The average Bonchev–Trinajstić information content (AvgIpc) is 2.40. The monoisotopic (exact) mass is 282 g/mol. The van der Waals surface area contributed by atoms with E-state index in [0.29, 0.717) is 6.54 Å². The summed E-state index contributed by atoms with van der Waals surface area (Å²) in [6, 6.07) is 1.97. The summed E-state index contributed by atoms with van der Waals surface area (Å²) in [5.74, 6) is 0.944. The van der Waals surface area contributed by atoms with Gasteiger partial charge in [-0.05, 0) is 42.8 Å². The van der Waals surface area contributed by atoms with Crippen molar-refractivity contribution in [2.24, 2.45) is 5.73 Å². The second kappa shape index (κ2) is 3.82. The molecule has 5 heteroatoms. The predicted octanol–water partition coefficient (Wildman–Crippen LogP) is 2.24. The molecule has 16 heavy (non-hydrogen) atoms. The molecule has 0 bridgehead atoms. The molecule has 0 saturated heterocycles. The summed E-state index contributed by atoms with van der Waals surface area (Å²) < 4.78 is 3.00. The lowest BCUT2D eigenvalue weighted by molar-refractivity contribution is 0.434. The molecule has 0 aromatic carbocycles. The molecule has 0 aliphatic carbocycles. The van der Waals surface area contributed by atoms with Crippen molar-refractivity contribution in [3.05, 3.63) is 22.6 Å². The maximum absolute atomic E-state index is 6.03. The van der Waals surface area contributed by atoms with Crippen LogP contribution < -0.4 is 5.73 Å². The van der Waals surface area contributed by atoms with Crippen LogP contribution in [0.4, 0.5) is 0 Å². The van der Waals surface area contributed by atoms with E-state index in [1.807, 2.05) is 26.8 Å². The molecule has 0 aliphatic heterocycles. The molecule has 0 unspecified atom stereocenters. The quantitative estimate of drug-likeness (QED) is 0.919. The number of aromatic nitrogens is 3. The number of fused-ring (bicyclic) bond motifs is 1. The third-order valence-corrected chi connectivity index (χ3v) is 2.74. The number of imidazole rings is 1. The van der Waals surface area contributed by atoms with Crippen molar-refractivity contribution >= 4 is 27.1 Å². The first-order valence-corrected chi connectivity index (χ1v) is 5.93. The van der Waals surface area contributed by atoms with Crippen molar-refractivity contribution in [1.29, 1.82) is 0 Å². The Bertz CT molecular complexity index is 524. The first-order chi connectivity index (χ1) is 7.37. The Morgan fingerprint density at radius 3 is 2.81 bits per heavy atom. The van der Waals surface area contributed by atoms with Crippen LogP contribution >= 0.6 is 15.9 Å². The van der Waals surface area contributed by atoms with E-state index in [1.54, 1.807) is 6.20 Å². The molecule has 2 N–H and O–H groups in total. The highest BCUT2D eigenvalue weighted by Gasteiger charge is 2.16. The first kappa shape index (κ1) is 11.5. The SMILES string of the molecule is Cc1nc2cc(Br)cnc2n1CC(C)(C)N. The van der Waals surface area contributed by atoms with Gasteiger partial charge < -0.3 is 10.3 Å². The van der Waals surface area contributed by atoms with Crippen molar-refractivity contribution in [2.45, 2.75) is 32.9 Å². The van der Waals surface area contributed by atoms with Crippen LogP contribution in [0.15, 0.2) is 16.7 Å². The number of nitrogens with zero attached hydrogens (tertiary/aromatic N) is 3. The van der Waals surface area contributed by atoms with Gasteiger partial charge in [-0.1, -0.05) is 0 Å². The Kier molecular flexibility index (Phi) is 2.75. The minimum absolute atomic E-state index is 0.271. The fourth-order valence-corrected chi connectivity index (χ4v) is 2.02. The lowest BCUT2D eigenvalue weighted by Crippen LogP contribution is -2.37. The van der Waals surface area contributed by atoms with Crippen LogP contribution in [0.1, 0.15) is 19.7 Å². The summed E-state index contributed by atoms with van der Waals surface area (Å²) in [6.45, 7) is 6.68. The number of hydrogen-bond acceptors (Lipinski definition) is 3. The zero-order chi connectivity index (χ0) is 11.9. The Morgan fingerprint density at radius 1 is 1.50 bits per heavy atom. The minimum atomic E-state index is -0.271. The van der Waals surface area contributed by atoms with Crippen molar-refractivity contribution in [3.63, 3.8) is 0 Å². The van der Waals surface area contributed by atoms with Crippen LogP contribution in [0.3, 0.4) is 0 Å². The Hall–Kier alpha value is -0.940. The van der Waals surface area contributed by atoms with Crippen molar-refractivity contribution in [3.8, 4) is 0 Å². The smallest absolute Gasteiger partial charge is 0.160 e. The molecule has 2 aromatic rings. The number of nitrogens with two attached hydrogens (primary N) is 1. The Labute approximate surface area is 103 Å². The molecule has 0 aliphatic rings. The molecule has 86 valence electrons. The second-order valence-corrected chi connectivity index (χ2v) is 5.65. The highest BCUT2D eigenvalue weighted by atomic mass is 79.9. The maximum Gasteiger partial charge on any atom is 0.160 e. The highest BCUT2D eigenvalue weighted by molar-refractivity contribution is 9.10. The predicted molar refractivity (Wildman–Crippen MR) is 68.2 cm³/mol. The summed E-state index contributed by atoms with van der Waals surface area (Å²) in [5, 5.41) is 0. The fraction of sp³-hybridized carbons (Fsp3) is 0.455. The van der Waals surface area contributed by atoms with Gasteiger partial charge >= 0.3 is 0 Å². The molecular weight excluding hydrogens is 268 g/mol. The number of pyridine rings is 1. The van der Waals surface area contributed by atoms with E-state index in [2.05, 4.69) is 30.5 Å². The van der Waals surface area contributed by atoms with E-state index in [4.69, 9.17) is 5.73 Å². The van der Waals surface area contributed by atoms with Crippen LogP contribution in [0.2, 0.25) is 0 Å². The van der Waals surface area contributed by atoms with Gasteiger partial charge in [0.1, 0.15) is 11.3 Å². The van der Waals surface area contributed by atoms with E-state index in [0.717, 1.165) is 21.5 Å². The topological polar surface area (TPSA) is 56.7 Å². The summed E-state index contributed by atoms with van der Waals surface area (Å²) >= 11 is 3.39. The van der Waals surface area contributed by atoms with Gasteiger partial charge in [-0.15, -0.1) is 0 Å². The van der Waals surface area contributed by atoms with Crippen molar-refractivity contribution in [1.82, 2.24) is 14.5 Å². The molecule has 0 saturated carbocycles.